The van der Waals surface area contributed by atoms with Crippen LogP contribution in [0.3, 0.4) is 0 Å². The fourth-order valence-corrected chi connectivity index (χ4v) is 3.64. The van der Waals surface area contributed by atoms with Crippen LogP contribution >= 0.6 is 11.3 Å². The van der Waals surface area contributed by atoms with E-state index in [0.29, 0.717) is 5.39 Å². The Labute approximate surface area is 131 Å². The van der Waals surface area contributed by atoms with Crippen LogP contribution in [0.2, 0.25) is 0 Å². The van der Waals surface area contributed by atoms with Crippen LogP contribution in [0.25, 0.3) is 21.1 Å². The van der Waals surface area contributed by atoms with E-state index in [1.807, 2.05) is 11.6 Å². The highest BCUT2D eigenvalue weighted by atomic mass is 32.1. The molecule has 0 amide bonds. The molecule has 0 saturated heterocycles. The van der Waals surface area contributed by atoms with E-state index in [9.17, 15) is 9.90 Å². The Hall–Kier alpha value is -2.15. The van der Waals surface area contributed by atoms with Crippen molar-refractivity contribution in [1.82, 2.24) is 14.8 Å². The Kier molecular flexibility index (Phi) is 3.14. The van der Waals surface area contributed by atoms with Crippen LogP contribution in [0.4, 0.5) is 0 Å². The van der Waals surface area contributed by atoms with Crippen LogP contribution < -0.4 is 0 Å². The molecule has 7 heteroatoms. The average Bonchev–Trinajstić information content (AvgIpc) is 2.96. The maximum Gasteiger partial charge on any atom is 0.351 e. The zero-order valence-electron chi connectivity index (χ0n) is 13.1. The molecular weight excluding hydrogens is 302 g/mol. The third-order valence-electron chi connectivity index (χ3n) is 3.50. The summed E-state index contributed by atoms with van der Waals surface area (Å²) in [5.74, 6) is -0.628. The lowest BCUT2D eigenvalue weighted by Gasteiger charge is -2.19. The first-order valence-electron chi connectivity index (χ1n) is 6.84. The van der Waals surface area contributed by atoms with E-state index in [1.165, 1.54) is 18.4 Å². The molecule has 3 heterocycles. The molecule has 0 atom stereocenters. The number of methoxy groups -OCH3 is 1. The van der Waals surface area contributed by atoms with Gasteiger partial charge >= 0.3 is 5.97 Å². The van der Waals surface area contributed by atoms with Crippen LogP contribution in [0.5, 0.6) is 5.75 Å². The Morgan fingerprint density at radius 2 is 2.09 bits per heavy atom. The number of hydrogen-bond acceptors (Lipinski definition) is 6. The van der Waals surface area contributed by atoms with Gasteiger partial charge in [-0.3, -0.25) is 0 Å². The highest BCUT2D eigenvalue weighted by Crippen LogP contribution is 2.41. The van der Waals surface area contributed by atoms with Crippen molar-refractivity contribution in [3.05, 3.63) is 16.8 Å². The number of aryl methyl sites for hydroxylation is 1. The van der Waals surface area contributed by atoms with E-state index in [0.717, 1.165) is 21.4 Å². The largest absolute Gasteiger partial charge is 0.505 e. The Balaban J connectivity index is 2.42. The van der Waals surface area contributed by atoms with E-state index in [-0.39, 0.29) is 16.2 Å². The highest BCUT2D eigenvalue weighted by Gasteiger charge is 2.25. The number of pyridine rings is 1. The number of rotatable bonds is 1. The monoisotopic (exact) mass is 319 g/mol. The van der Waals surface area contributed by atoms with Gasteiger partial charge in [-0.25, -0.2) is 14.5 Å². The van der Waals surface area contributed by atoms with Gasteiger partial charge in [-0.1, -0.05) is 0 Å². The van der Waals surface area contributed by atoms with Crippen LogP contribution in [-0.4, -0.2) is 33.0 Å². The summed E-state index contributed by atoms with van der Waals surface area (Å²) in [6, 6.07) is 0. The number of carbonyl (C=O) groups excluding carboxylic acids is 1. The molecule has 3 rings (SSSR count). The molecule has 0 unspecified atom stereocenters. The number of aromatic hydroxyl groups is 1. The maximum atomic E-state index is 11.8. The van der Waals surface area contributed by atoms with Gasteiger partial charge in [-0.2, -0.15) is 5.10 Å². The third kappa shape index (κ3) is 1.96. The fraction of sp³-hybridized carbons (Fsp3) is 0.400. The lowest BCUT2D eigenvalue weighted by Crippen LogP contribution is -2.23. The molecule has 0 aliphatic carbocycles. The topological polar surface area (TPSA) is 77.2 Å². The number of aromatic nitrogens is 3. The first-order chi connectivity index (χ1) is 10.3. The molecule has 0 aromatic carbocycles. The molecule has 0 saturated carbocycles. The first kappa shape index (κ1) is 14.8. The Bertz CT molecular complexity index is 902. The van der Waals surface area contributed by atoms with Gasteiger partial charge in [0.25, 0.3) is 0 Å². The van der Waals surface area contributed by atoms with Gasteiger partial charge in [-0.05, 0) is 27.7 Å². The summed E-state index contributed by atoms with van der Waals surface area (Å²) in [6.07, 6.45) is 1.58. The zero-order valence-corrected chi connectivity index (χ0v) is 13.9. The van der Waals surface area contributed by atoms with E-state index in [2.05, 4.69) is 30.9 Å². The van der Waals surface area contributed by atoms with Gasteiger partial charge in [0.05, 0.1) is 33.8 Å². The normalized spacial score (nSPS) is 12.2. The minimum Gasteiger partial charge on any atom is -0.505 e. The van der Waals surface area contributed by atoms with Crippen molar-refractivity contribution in [1.29, 1.82) is 0 Å². The van der Waals surface area contributed by atoms with Crippen molar-refractivity contribution in [3.8, 4) is 5.75 Å². The highest BCUT2D eigenvalue weighted by molar-refractivity contribution is 7.22. The lowest BCUT2D eigenvalue weighted by atomic mass is 10.1. The van der Waals surface area contributed by atoms with Gasteiger partial charge in [0.15, 0.2) is 10.5 Å². The average molecular weight is 319 g/mol. The molecular formula is C15H17N3O3S. The minimum atomic E-state index is -0.548. The number of esters is 1. The van der Waals surface area contributed by atoms with Crippen LogP contribution in [0.1, 0.15) is 36.1 Å². The SMILES string of the molecule is COC(=O)c1sc2c(cnc3c2c(C)nn3C(C)(C)C)c1O. The van der Waals surface area contributed by atoms with Crippen LogP contribution in [0.15, 0.2) is 6.20 Å². The molecule has 0 spiro atoms. The second-order valence-electron chi connectivity index (χ2n) is 6.14. The summed E-state index contributed by atoms with van der Waals surface area (Å²) in [4.78, 5) is 16.4. The van der Waals surface area contributed by atoms with E-state index < -0.39 is 5.97 Å². The molecule has 3 aromatic rings. The second-order valence-corrected chi connectivity index (χ2v) is 7.16. The van der Waals surface area contributed by atoms with Crippen molar-refractivity contribution in [2.45, 2.75) is 33.2 Å². The van der Waals surface area contributed by atoms with Crippen molar-refractivity contribution in [3.63, 3.8) is 0 Å². The molecule has 0 radical (unpaired) electrons. The predicted molar refractivity (Wildman–Crippen MR) is 85.6 cm³/mol. The molecule has 0 aliphatic rings. The van der Waals surface area contributed by atoms with E-state index in [1.54, 1.807) is 6.20 Å². The smallest absolute Gasteiger partial charge is 0.351 e. The van der Waals surface area contributed by atoms with Gasteiger partial charge in [0.2, 0.25) is 0 Å². The number of carbonyl (C=O) groups is 1. The number of hydrogen-bond donors (Lipinski definition) is 1. The minimum absolute atomic E-state index is 0.0795. The maximum absolute atomic E-state index is 11.8. The Morgan fingerprint density at radius 3 is 2.68 bits per heavy atom. The zero-order chi connectivity index (χ0) is 16.2. The van der Waals surface area contributed by atoms with Crippen molar-refractivity contribution in [2.75, 3.05) is 7.11 Å². The van der Waals surface area contributed by atoms with Gasteiger partial charge in [0.1, 0.15) is 5.75 Å². The molecule has 3 aromatic heterocycles. The van der Waals surface area contributed by atoms with Crippen molar-refractivity contribution < 1.29 is 14.6 Å². The summed E-state index contributed by atoms with van der Waals surface area (Å²) in [6.45, 7) is 8.06. The summed E-state index contributed by atoms with van der Waals surface area (Å²) in [5.41, 5.74) is 1.35. The van der Waals surface area contributed by atoms with E-state index >= 15 is 0 Å². The van der Waals surface area contributed by atoms with Crippen LogP contribution in [-0.2, 0) is 10.3 Å². The molecule has 22 heavy (non-hydrogen) atoms. The van der Waals surface area contributed by atoms with E-state index in [4.69, 9.17) is 4.74 Å². The summed E-state index contributed by atoms with van der Waals surface area (Å²) < 4.78 is 7.39. The summed E-state index contributed by atoms with van der Waals surface area (Å²) in [5, 5.41) is 16.2. The number of nitrogens with zero attached hydrogens (tertiary/aromatic N) is 3. The number of ether oxygens (including phenoxy) is 1. The fourth-order valence-electron chi connectivity index (χ4n) is 2.47. The van der Waals surface area contributed by atoms with Gasteiger partial charge in [-0.15, -0.1) is 11.3 Å². The second kappa shape index (κ2) is 4.67. The number of thiophene rings is 1. The quantitative estimate of drug-likeness (QED) is 0.697. The number of fused-ring (bicyclic) bond motifs is 3. The molecule has 116 valence electrons. The lowest BCUT2D eigenvalue weighted by molar-refractivity contribution is 0.0603. The summed E-state index contributed by atoms with van der Waals surface area (Å²) >= 11 is 1.21. The molecule has 1 N–H and O–H groups in total. The molecule has 6 nitrogen and oxygen atoms in total. The standard InChI is InChI=1S/C15H17N3O3S/c1-7-9-11-8(10(19)12(22-11)14(20)21-5)6-16-13(9)18(17-7)15(2,3)4/h6,19H,1-5H3. The van der Waals surface area contributed by atoms with Crippen molar-refractivity contribution >= 4 is 38.4 Å². The van der Waals surface area contributed by atoms with Crippen LogP contribution in [0, 0.1) is 6.92 Å². The third-order valence-corrected chi connectivity index (χ3v) is 4.70. The van der Waals surface area contributed by atoms with Gasteiger partial charge in [0, 0.05) is 6.20 Å². The Morgan fingerprint density at radius 1 is 1.41 bits per heavy atom. The molecule has 0 fully saturated rings. The summed E-state index contributed by atoms with van der Waals surface area (Å²) in [7, 11) is 1.29. The predicted octanol–water partition coefficient (Wildman–Crippen LogP) is 3.20. The van der Waals surface area contributed by atoms with Crippen molar-refractivity contribution in [2.24, 2.45) is 0 Å². The first-order valence-corrected chi connectivity index (χ1v) is 7.66. The van der Waals surface area contributed by atoms with Gasteiger partial charge < -0.3 is 9.84 Å². The molecule has 0 bridgehead atoms. The molecule has 0 aliphatic heterocycles.